The highest BCUT2D eigenvalue weighted by atomic mass is 79.9. The summed E-state index contributed by atoms with van der Waals surface area (Å²) in [6.45, 7) is 2.92. The third kappa shape index (κ3) is 2.53. The maximum atomic E-state index is 5.90. The van der Waals surface area contributed by atoms with Crippen LogP contribution in [-0.2, 0) is 13.1 Å². The SMILES string of the molecule is NCc1c(Br)cccc1N1CCOc2ccccc2C1. The highest BCUT2D eigenvalue weighted by Crippen LogP contribution is 2.31. The van der Waals surface area contributed by atoms with Crippen LogP contribution in [0.5, 0.6) is 5.75 Å². The van der Waals surface area contributed by atoms with Gasteiger partial charge in [0.25, 0.3) is 0 Å². The zero-order valence-corrected chi connectivity index (χ0v) is 12.8. The Morgan fingerprint density at radius 1 is 1.15 bits per heavy atom. The van der Waals surface area contributed by atoms with Crippen molar-refractivity contribution in [3.05, 3.63) is 58.1 Å². The lowest BCUT2D eigenvalue weighted by molar-refractivity contribution is 0.331. The van der Waals surface area contributed by atoms with Gasteiger partial charge in [-0.1, -0.05) is 40.2 Å². The summed E-state index contributed by atoms with van der Waals surface area (Å²) >= 11 is 3.59. The second kappa shape index (κ2) is 5.85. The van der Waals surface area contributed by atoms with Gasteiger partial charge in [-0.2, -0.15) is 0 Å². The summed E-state index contributed by atoms with van der Waals surface area (Å²) in [5.41, 5.74) is 9.45. The molecule has 0 radical (unpaired) electrons. The number of nitrogens with two attached hydrogens (primary N) is 1. The first kappa shape index (κ1) is 13.5. The summed E-state index contributed by atoms with van der Waals surface area (Å²) in [6.07, 6.45) is 0. The molecule has 2 aromatic rings. The van der Waals surface area contributed by atoms with E-state index in [2.05, 4.69) is 45.1 Å². The molecular formula is C16H17BrN2O. The van der Waals surface area contributed by atoms with E-state index in [1.807, 2.05) is 18.2 Å². The first-order chi connectivity index (χ1) is 9.79. The predicted octanol–water partition coefficient (Wildman–Crippen LogP) is 3.31. The quantitative estimate of drug-likeness (QED) is 0.916. The van der Waals surface area contributed by atoms with Gasteiger partial charge in [0.2, 0.25) is 0 Å². The van der Waals surface area contributed by atoms with E-state index in [4.69, 9.17) is 10.5 Å². The molecule has 0 saturated heterocycles. The first-order valence-corrected chi connectivity index (χ1v) is 7.52. The molecule has 2 aromatic carbocycles. The molecule has 20 heavy (non-hydrogen) atoms. The molecule has 0 aromatic heterocycles. The molecule has 0 amide bonds. The largest absolute Gasteiger partial charge is 0.491 e. The summed E-state index contributed by atoms with van der Waals surface area (Å²) < 4.78 is 6.88. The minimum Gasteiger partial charge on any atom is -0.491 e. The van der Waals surface area contributed by atoms with E-state index >= 15 is 0 Å². The van der Waals surface area contributed by atoms with Gasteiger partial charge in [0.05, 0.1) is 6.54 Å². The number of fused-ring (bicyclic) bond motifs is 1. The molecule has 104 valence electrons. The Kier molecular flexibility index (Phi) is 3.94. The van der Waals surface area contributed by atoms with Crippen LogP contribution < -0.4 is 15.4 Å². The van der Waals surface area contributed by atoms with Crippen LogP contribution in [0.3, 0.4) is 0 Å². The third-order valence-electron chi connectivity index (χ3n) is 3.59. The Morgan fingerprint density at radius 3 is 2.85 bits per heavy atom. The maximum absolute atomic E-state index is 5.90. The molecule has 3 nitrogen and oxygen atoms in total. The van der Waals surface area contributed by atoms with Crippen LogP contribution >= 0.6 is 15.9 Å². The number of ether oxygens (including phenoxy) is 1. The lowest BCUT2D eigenvalue weighted by Gasteiger charge is -2.25. The highest BCUT2D eigenvalue weighted by Gasteiger charge is 2.18. The fraction of sp³-hybridized carbons (Fsp3) is 0.250. The average molecular weight is 333 g/mol. The third-order valence-corrected chi connectivity index (χ3v) is 4.33. The van der Waals surface area contributed by atoms with Crippen LogP contribution in [0.4, 0.5) is 5.69 Å². The molecule has 1 aliphatic rings. The molecule has 0 bridgehead atoms. The summed E-state index contributed by atoms with van der Waals surface area (Å²) in [7, 11) is 0. The van der Waals surface area contributed by atoms with Crippen LogP contribution in [0.15, 0.2) is 46.9 Å². The topological polar surface area (TPSA) is 38.5 Å². The van der Waals surface area contributed by atoms with Crippen molar-refractivity contribution in [2.24, 2.45) is 5.73 Å². The molecule has 3 rings (SSSR count). The van der Waals surface area contributed by atoms with E-state index in [1.165, 1.54) is 11.3 Å². The number of benzene rings is 2. The second-order valence-corrected chi connectivity index (χ2v) is 5.67. The van der Waals surface area contributed by atoms with Crippen molar-refractivity contribution in [1.29, 1.82) is 0 Å². The predicted molar refractivity (Wildman–Crippen MR) is 85.0 cm³/mol. The molecule has 0 unspecified atom stereocenters. The zero-order chi connectivity index (χ0) is 13.9. The number of halogens is 1. The van der Waals surface area contributed by atoms with Crippen LogP contribution in [0.25, 0.3) is 0 Å². The van der Waals surface area contributed by atoms with Gasteiger partial charge in [0, 0.05) is 34.4 Å². The van der Waals surface area contributed by atoms with Gasteiger partial charge < -0.3 is 15.4 Å². The van der Waals surface area contributed by atoms with Gasteiger partial charge in [-0.05, 0) is 18.2 Å². The summed E-state index contributed by atoms with van der Waals surface area (Å²) in [6, 6.07) is 14.4. The minimum atomic E-state index is 0.524. The summed E-state index contributed by atoms with van der Waals surface area (Å²) in [4.78, 5) is 2.33. The number of hydrogen-bond acceptors (Lipinski definition) is 3. The normalized spacial score (nSPS) is 14.4. The van der Waals surface area contributed by atoms with E-state index in [1.54, 1.807) is 0 Å². The lowest BCUT2D eigenvalue weighted by atomic mass is 10.1. The fourth-order valence-electron chi connectivity index (χ4n) is 2.58. The van der Waals surface area contributed by atoms with Crippen LogP contribution in [-0.4, -0.2) is 13.2 Å². The number of rotatable bonds is 2. The lowest BCUT2D eigenvalue weighted by Crippen LogP contribution is -2.26. The zero-order valence-electron chi connectivity index (χ0n) is 11.2. The Balaban J connectivity index is 1.98. The van der Waals surface area contributed by atoms with Crippen molar-refractivity contribution in [3.8, 4) is 5.75 Å². The van der Waals surface area contributed by atoms with E-state index in [-0.39, 0.29) is 0 Å². The number of anilines is 1. The van der Waals surface area contributed by atoms with Crippen molar-refractivity contribution in [2.45, 2.75) is 13.1 Å². The number of nitrogens with zero attached hydrogens (tertiary/aromatic N) is 1. The van der Waals surface area contributed by atoms with Crippen molar-refractivity contribution < 1.29 is 4.74 Å². The van der Waals surface area contributed by atoms with E-state index in [0.717, 1.165) is 28.9 Å². The van der Waals surface area contributed by atoms with Crippen molar-refractivity contribution in [3.63, 3.8) is 0 Å². The monoisotopic (exact) mass is 332 g/mol. The standard InChI is InChI=1S/C16H17BrN2O/c17-14-5-3-6-15(13(14)10-18)19-8-9-20-16-7-2-1-4-12(16)11-19/h1-7H,8-11,18H2. The van der Waals surface area contributed by atoms with Gasteiger partial charge >= 0.3 is 0 Å². The van der Waals surface area contributed by atoms with E-state index in [9.17, 15) is 0 Å². The molecule has 0 atom stereocenters. The molecule has 0 fully saturated rings. The maximum Gasteiger partial charge on any atom is 0.124 e. The molecule has 1 aliphatic heterocycles. The molecular weight excluding hydrogens is 316 g/mol. The van der Waals surface area contributed by atoms with Crippen LogP contribution in [0.2, 0.25) is 0 Å². The van der Waals surface area contributed by atoms with Crippen LogP contribution in [0.1, 0.15) is 11.1 Å². The molecule has 2 N–H and O–H groups in total. The minimum absolute atomic E-state index is 0.524. The van der Waals surface area contributed by atoms with E-state index < -0.39 is 0 Å². The van der Waals surface area contributed by atoms with Crippen LogP contribution in [0, 0.1) is 0 Å². The number of para-hydroxylation sites is 1. The van der Waals surface area contributed by atoms with Gasteiger partial charge in [-0.15, -0.1) is 0 Å². The average Bonchev–Trinajstić information content (AvgIpc) is 2.69. The molecule has 0 aliphatic carbocycles. The van der Waals surface area contributed by atoms with Gasteiger partial charge in [-0.25, -0.2) is 0 Å². The van der Waals surface area contributed by atoms with Gasteiger partial charge in [0.1, 0.15) is 12.4 Å². The van der Waals surface area contributed by atoms with Gasteiger partial charge in [0.15, 0.2) is 0 Å². The Morgan fingerprint density at radius 2 is 2.00 bits per heavy atom. The first-order valence-electron chi connectivity index (χ1n) is 6.72. The van der Waals surface area contributed by atoms with E-state index in [0.29, 0.717) is 13.2 Å². The molecule has 0 saturated carbocycles. The molecule has 1 heterocycles. The number of hydrogen-bond donors (Lipinski definition) is 1. The second-order valence-electron chi connectivity index (χ2n) is 4.82. The fourth-order valence-corrected chi connectivity index (χ4v) is 3.09. The smallest absolute Gasteiger partial charge is 0.124 e. The summed E-state index contributed by atoms with van der Waals surface area (Å²) in [5, 5.41) is 0. The van der Waals surface area contributed by atoms with Crippen molar-refractivity contribution in [1.82, 2.24) is 0 Å². The Labute approximate surface area is 127 Å². The Bertz CT molecular complexity index is 615. The molecule has 0 spiro atoms. The van der Waals surface area contributed by atoms with Gasteiger partial charge in [-0.3, -0.25) is 0 Å². The van der Waals surface area contributed by atoms with Crippen molar-refractivity contribution >= 4 is 21.6 Å². The Hall–Kier alpha value is -1.52. The summed E-state index contributed by atoms with van der Waals surface area (Å²) in [5.74, 6) is 0.985. The highest BCUT2D eigenvalue weighted by molar-refractivity contribution is 9.10. The molecule has 4 heteroatoms. The van der Waals surface area contributed by atoms with Crippen molar-refractivity contribution in [2.75, 3.05) is 18.1 Å².